The Kier molecular flexibility index (Phi) is 4.58. The van der Waals surface area contributed by atoms with Crippen molar-refractivity contribution in [1.29, 1.82) is 0 Å². The van der Waals surface area contributed by atoms with Gasteiger partial charge < -0.3 is 5.32 Å². The van der Waals surface area contributed by atoms with E-state index in [0.717, 1.165) is 5.69 Å². The smallest absolute Gasteiger partial charge is 0.240 e. The van der Waals surface area contributed by atoms with Crippen molar-refractivity contribution in [3.05, 3.63) is 47.2 Å². The fraction of sp³-hybridized carbons (Fsp3) is 0.235. The molecule has 0 aliphatic heterocycles. The van der Waals surface area contributed by atoms with E-state index in [-0.39, 0.29) is 4.90 Å². The summed E-state index contributed by atoms with van der Waals surface area (Å²) in [5.74, 6) is 1.93. The fourth-order valence-electron chi connectivity index (χ4n) is 2.64. The molecule has 1 aromatic carbocycles. The Morgan fingerprint density at radius 3 is 2.81 bits per heavy atom. The van der Waals surface area contributed by atoms with Crippen molar-refractivity contribution in [3.63, 3.8) is 0 Å². The highest BCUT2D eigenvalue weighted by atomic mass is 35.5. The predicted octanol–water partition coefficient (Wildman–Crippen LogP) is 3.05. The minimum Gasteiger partial charge on any atom is -0.322 e. The van der Waals surface area contributed by atoms with E-state index in [9.17, 15) is 8.42 Å². The van der Waals surface area contributed by atoms with E-state index < -0.39 is 10.0 Å². The summed E-state index contributed by atoms with van der Waals surface area (Å²) in [6, 6.07) is 8.34. The highest BCUT2D eigenvalue weighted by Crippen LogP contribution is 2.39. The molecule has 1 fully saturated rings. The molecule has 0 radical (unpaired) electrons. The quantitative estimate of drug-likeness (QED) is 0.582. The topological polar surface area (TPSA) is 113 Å². The van der Waals surface area contributed by atoms with Crippen LogP contribution in [-0.2, 0) is 10.0 Å². The zero-order chi connectivity index (χ0) is 19.0. The molecular weight excluding hydrogens is 388 g/mol. The van der Waals surface area contributed by atoms with Crippen LogP contribution in [0.5, 0.6) is 0 Å². The number of sulfonamides is 1. The van der Waals surface area contributed by atoms with Crippen molar-refractivity contribution >= 4 is 33.3 Å². The molecule has 0 unspecified atom stereocenters. The summed E-state index contributed by atoms with van der Waals surface area (Å²) in [7, 11) is -2.19. The van der Waals surface area contributed by atoms with Crippen LogP contribution in [0, 0.1) is 0 Å². The maximum atomic E-state index is 12.0. The highest BCUT2D eigenvalue weighted by Gasteiger charge is 2.25. The van der Waals surface area contributed by atoms with E-state index in [1.165, 1.54) is 38.2 Å². The zero-order valence-corrected chi connectivity index (χ0v) is 16.0. The van der Waals surface area contributed by atoms with Gasteiger partial charge in [-0.2, -0.15) is 5.10 Å². The Morgan fingerprint density at radius 1 is 1.26 bits per heavy atom. The molecule has 3 aromatic rings. The number of benzene rings is 1. The number of rotatable bonds is 6. The van der Waals surface area contributed by atoms with Crippen LogP contribution in [0.3, 0.4) is 0 Å². The molecule has 140 valence electrons. The van der Waals surface area contributed by atoms with Gasteiger partial charge in [-0.3, -0.25) is 5.10 Å². The van der Waals surface area contributed by atoms with Gasteiger partial charge in [0.25, 0.3) is 0 Å². The number of aromatic nitrogens is 4. The molecule has 0 atom stereocenters. The van der Waals surface area contributed by atoms with Gasteiger partial charge in [0.05, 0.1) is 11.1 Å². The maximum absolute atomic E-state index is 12.0. The fourth-order valence-corrected chi connectivity index (χ4v) is 3.55. The first-order valence-corrected chi connectivity index (χ1v) is 10.2. The summed E-state index contributed by atoms with van der Waals surface area (Å²) in [5, 5.41) is 10.7. The lowest BCUT2D eigenvalue weighted by molar-refractivity contribution is 0.588. The average Bonchev–Trinajstić information content (AvgIpc) is 3.43. The number of halogens is 1. The second-order valence-corrected chi connectivity index (χ2v) is 8.53. The monoisotopic (exact) mass is 404 g/mol. The van der Waals surface area contributed by atoms with E-state index in [2.05, 4.69) is 30.2 Å². The van der Waals surface area contributed by atoms with Gasteiger partial charge in [0.15, 0.2) is 17.5 Å². The number of hydrogen-bond acceptors (Lipinski definition) is 6. The molecule has 1 saturated carbocycles. The van der Waals surface area contributed by atoms with E-state index >= 15 is 0 Å². The van der Waals surface area contributed by atoms with Crippen LogP contribution in [-0.4, -0.2) is 35.6 Å². The summed E-state index contributed by atoms with van der Waals surface area (Å²) >= 11 is 6.21. The zero-order valence-electron chi connectivity index (χ0n) is 14.4. The summed E-state index contributed by atoms with van der Waals surface area (Å²) in [6.07, 6.45) is 3.82. The van der Waals surface area contributed by atoms with Crippen LogP contribution in [0.4, 0.5) is 11.6 Å². The van der Waals surface area contributed by atoms with E-state index in [1.54, 1.807) is 12.1 Å². The lowest BCUT2D eigenvalue weighted by atomic mass is 10.2. The number of hydrogen-bond donors (Lipinski definition) is 3. The number of aromatic amines is 1. The van der Waals surface area contributed by atoms with Crippen molar-refractivity contribution in [1.82, 2.24) is 24.9 Å². The Balaban J connectivity index is 1.64. The molecule has 0 amide bonds. The summed E-state index contributed by atoms with van der Waals surface area (Å²) in [4.78, 5) is 8.79. The molecule has 2 heterocycles. The standard InChI is InChI=1S/C17H17ClN6O2S/c1-19-27(25,26)12-4-2-3-11(7-12)16-20-9-13(18)17(22-16)21-15-8-14(23-24-15)10-5-6-10/h2-4,7-10,19H,5-6H2,1H3,(H2,20,21,22,23,24). The number of H-pyrrole nitrogens is 1. The van der Waals surface area contributed by atoms with Gasteiger partial charge in [-0.05, 0) is 32.0 Å². The first kappa shape index (κ1) is 17.9. The molecular formula is C17H17ClN6O2S. The molecule has 0 bridgehead atoms. The average molecular weight is 405 g/mol. The molecule has 27 heavy (non-hydrogen) atoms. The third kappa shape index (κ3) is 3.80. The Bertz CT molecular complexity index is 1090. The van der Waals surface area contributed by atoms with Crippen LogP contribution in [0.2, 0.25) is 5.02 Å². The molecule has 0 spiro atoms. The van der Waals surface area contributed by atoms with Crippen LogP contribution >= 0.6 is 11.6 Å². The van der Waals surface area contributed by atoms with Crippen molar-refractivity contribution < 1.29 is 8.42 Å². The molecule has 3 N–H and O–H groups in total. The van der Waals surface area contributed by atoms with Crippen molar-refractivity contribution in [2.75, 3.05) is 12.4 Å². The predicted molar refractivity (Wildman–Crippen MR) is 103 cm³/mol. The molecule has 1 aliphatic rings. The van der Waals surface area contributed by atoms with Crippen LogP contribution in [0.25, 0.3) is 11.4 Å². The highest BCUT2D eigenvalue weighted by molar-refractivity contribution is 7.89. The molecule has 4 rings (SSSR count). The lowest BCUT2D eigenvalue weighted by Gasteiger charge is -2.08. The van der Waals surface area contributed by atoms with E-state index in [0.29, 0.717) is 34.0 Å². The van der Waals surface area contributed by atoms with Gasteiger partial charge in [-0.15, -0.1) is 0 Å². The third-order valence-electron chi connectivity index (χ3n) is 4.28. The lowest BCUT2D eigenvalue weighted by Crippen LogP contribution is -2.18. The van der Waals surface area contributed by atoms with E-state index in [1.807, 2.05) is 6.07 Å². The second-order valence-electron chi connectivity index (χ2n) is 6.23. The number of anilines is 2. The van der Waals surface area contributed by atoms with Gasteiger partial charge in [0.2, 0.25) is 10.0 Å². The van der Waals surface area contributed by atoms with Crippen molar-refractivity contribution in [3.8, 4) is 11.4 Å². The van der Waals surface area contributed by atoms with Crippen LogP contribution < -0.4 is 10.0 Å². The number of nitrogens with zero attached hydrogens (tertiary/aromatic N) is 3. The Hall–Kier alpha value is -2.49. The molecule has 8 nitrogen and oxygen atoms in total. The molecule has 10 heteroatoms. The van der Waals surface area contributed by atoms with Crippen molar-refractivity contribution in [2.45, 2.75) is 23.7 Å². The summed E-state index contributed by atoms with van der Waals surface area (Å²) in [5.41, 5.74) is 1.65. The van der Waals surface area contributed by atoms with Gasteiger partial charge >= 0.3 is 0 Å². The van der Waals surface area contributed by atoms with Gasteiger partial charge in [0, 0.05) is 23.2 Å². The largest absolute Gasteiger partial charge is 0.322 e. The minimum absolute atomic E-state index is 0.136. The van der Waals surface area contributed by atoms with E-state index in [4.69, 9.17) is 11.6 Å². The first-order chi connectivity index (χ1) is 13.0. The number of nitrogens with one attached hydrogen (secondary N) is 3. The van der Waals surface area contributed by atoms with Gasteiger partial charge in [-0.25, -0.2) is 23.1 Å². The molecule has 1 aliphatic carbocycles. The maximum Gasteiger partial charge on any atom is 0.240 e. The summed E-state index contributed by atoms with van der Waals surface area (Å²) in [6.45, 7) is 0. The van der Waals surface area contributed by atoms with Gasteiger partial charge in [0.1, 0.15) is 5.02 Å². The first-order valence-electron chi connectivity index (χ1n) is 8.35. The SMILES string of the molecule is CNS(=O)(=O)c1cccc(-c2ncc(Cl)c(Nc3cc(C4CC4)[nH]n3)n2)c1. The summed E-state index contributed by atoms with van der Waals surface area (Å²) < 4.78 is 26.3. The van der Waals surface area contributed by atoms with Crippen molar-refractivity contribution in [2.24, 2.45) is 0 Å². The van der Waals surface area contributed by atoms with Gasteiger partial charge in [-0.1, -0.05) is 23.7 Å². The Labute approximate surface area is 161 Å². The molecule has 0 saturated heterocycles. The Morgan fingerprint density at radius 2 is 2.07 bits per heavy atom. The minimum atomic E-state index is -3.56. The normalized spacial score (nSPS) is 14.3. The second kappa shape index (κ2) is 6.91. The van der Waals surface area contributed by atoms with Crippen LogP contribution in [0.15, 0.2) is 41.4 Å². The van der Waals surface area contributed by atoms with Crippen LogP contribution in [0.1, 0.15) is 24.5 Å². The molecule has 2 aromatic heterocycles. The third-order valence-corrected chi connectivity index (χ3v) is 5.97.